The first-order valence-corrected chi connectivity index (χ1v) is 5.06. The number of ether oxygens (including phenoxy) is 1. The van der Waals surface area contributed by atoms with Gasteiger partial charge in [0.2, 0.25) is 0 Å². The predicted octanol–water partition coefficient (Wildman–Crippen LogP) is 3.16. The van der Waals surface area contributed by atoms with Crippen LogP contribution < -0.4 is 0 Å². The number of halogens is 2. The van der Waals surface area contributed by atoms with E-state index in [1.807, 2.05) is 6.92 Å². The van der Waals surface area contributed by atoms with Gasteiger partial charge in [-0.05, 0) is 40.5 Å². The van der Waals surface area contributed by atoms with Gasteiger partial charge in [-0.3, -0.25) is 0 Å². The summed E-state index contributed by atoms with van der Waals surface area (Å²) >= 11 is 3.16. The summed E-state index contributed by atoms with van der Waals surface area (Å²) in [6.45, 7) is 2.25. The molecule has 0 aliphatic rings. The van der Waals surface area contributed by atoms with E-state index in [1.165, 1.54) is 12.1 Å². The molecular formula is C10H10BrFO2. The normalized spacial score (nSPS) is 9.93. The third kappa shape index (κ3) is 2.80. The Kier molecular flexibility index (Phi) is 4.07. The topological polar surface area (TPSA) is 26.3 Å². The minimum Gasteiger partial charge on any atom is -0.462 e. The third-order valence-corrected chi connectivity index (χ3v) is 2.28. The molecule has 1 aromatic rings. The second-order valence-corrected chi connectivity index (χ2v) is 3.61. The van der Waals surface area contributed by atoms with Gasteiger partial charge in [-0.1, -0.05) is 6.92 Å². The van der Waals surface area contributed by atoms with Crippen LogP contribution >= 0.6 is 15.9 Å². The van der Waals surface area contributed by atoms with Crippen molar-refractivity contribution in [2.24, 2.45) is 0 Å². The SMILES string of the molecule is CCCOC(=O)c1cc(F)ccc1Br. The molecule has 0 aliphatic carbocycles. The first kappa shape index (κ1) is 11.2. The Morgan fingerprint density at radius 2 is 2.29 bits per heavy atom. The van der Waals surface area contributed by atoms with Crippen LogP contribution in [-0.2, 0) is 4.74 Å². The molecule has 0 unspecified atom stereocenters. The summed E-state index contributed by atoms with van der Waals surface area (Å²) in [5, 5.41) is 0. The van der Waals surface area contributed by atoms with Gasteiger partial charge in [-0.25, -0.2) is 9.18 Å². The van der Waals surface area contributed by atoms with E-state index in [0.717, 1.165) is 12.5 Å². The Labute approximate surface area is 90.2 Å². The Hall–Kier alpha value is -0.900. The summed E-state index contributed by atoms with van der Waals surface area (Å²) in [5.74, 6) is -0.949. The van der Waals surface area contributed by atoms with E-state index >= 15 is 0 Å². The monoisotopic (exact) mass is 260 g/mol. The fourth-order valence-corrected chi connectivity index (χ4v) is 1.33. The van der Waals surface area contributed by atoms with Gasteiger partial charge in [0.1, 0.15) is 5.82 Å². The Morgan fingerprint density at radius 3 is 2.93 bits per heavy atom. The Morgan fingerprint density at radius 1 is 1.57 bits per heavy atom. The molecule has 0 bridgehead atoms. The average molecular weight is 261 g/mol. The molecule has 14 heavy (non-hydrogen) atoms. The average Bonchev–Trinajstić information content (AvgIpc) is 2.18. The van der Waals surface area contributed by atoms with Gasteiger partial charge < -0.3 is 4.74 Å². The molecule has 76 valence electrons. The first-order chi connectivity index (χ1) is 6.65. The second-order valence-electron chi connectivity index (χ2n) is 2.76. The van der Waals surface area contributed by atoms with Crippen molar-refractivity contribution in [2.75, 3.05) is 6.61 Å². The summed E-state index contributed by atoms with van der Waals surface area (Å²) in [4.78, 5) is 11.4. The molecule has 0 aliphatic heterocycles. The lowest BCUT2D eigenvalue weighted by Gasteiger charge is -2.04. The smallest absolute Gasteiger partial charge is 0.339 e. The van der Waals surface area contributed by atoms with Gasteiger partial charge in [-0.15, -0.1) is 0 Å². The van der Waals surface area contributed by atoms with E-state index in [-0.39, 0.29) is 5.56 Å². The largest absolute Gasteiger partial charge is 0.462 e. The Bertz CT molecular complexity index is 339. The van der Waals surface area contributed by atoms with Crippen LogP contribution in [0, 0.1) is 5.82 Å². The van der Waals surface area contributed by atoms with Gasteiger partial charge >= 0.3 is 5.97 Å². The molecule has 4 heteroatoms. The van der Waals surface area contributed by atoms with Crippen molar-refractivity contribution in [1.82, 2.24) is 0 Å². The van der Waals surface area contributed by atoms with Gasteiger partial charge in [0.15, 0.2) is 0 Å². The molecule has 1 aromatic carbocycles. The quantitative estimate of drug-likeness (QED) is 0.781. The number of carbonyl (C=O) groups excluding carboxylic acids is 1. The van der Waals surface area contributed by atoms with E-state index in [1.54, 1.807) is 0 Å². The highest BCUT2D eigenvalue weighted by molar-refractivity contribution is 9.10. The zero-order valence-electron chi connectivity index (χ0n) is 7.72. The van der Waals surface area contributed by atoms with Crippen LogP contribution in [-0.4, -0.2) is 12.6 Å². The third-order valence-electron chi connectivity index (χ3n) is 1.59. The molecule has 0 amide bonds. The minimum atomic E-state index is -0.502. The first-order valence-electron chi connectivity index (χ1n) is 4.27. The minimum absolute atomic E-state index is 0.221. The van der Waals surface area contributed by atoms with Crippen molar-refractivity contribution in [3.63, 3.8) is 0 Å². The van der Waals surface area contributed by atoms with E-state index in [2.05, 4.69) is 15.9 Å². The van der Waals surface area contributed by atoms with Gasteiger partial charge in [0, 0.05) is 4.47 Å². The summed E-state index contributed by atoms with van der Waals surface area (Å²) in [5.41, 5.74) is 0.221. The molecule has 2 nitrogen and oxygen atoms in total. The van der Waals surface area contributed by atoms with Crippen LogP contribution in [0.25, 0.3) is 0 Å². The van der Waals surface area contributed by atoms with E-state index in [4.69, 9.17) is 4.74 Å². The van der Waals surface area contributed by atoms with E-state index < -0.39 is 11.8 Å². The summed E-state index contributed by atoms with van der Waals surface area (Å²) in [6.07, 6.45) is 0.749. The van der Waals surface area contributed by atoms with Gasteiger partial charge in [0.25, 0.3) is 0 Å². The predicted molar refractivity (Wildman–Crippen MR) is 54.7 cm³/mol. The molecule has 0 N–H and O–H groups in total. The summed E-state index contributed by atoms with van der Waals surface area (Å²) < 4.78 is 18.2. The van der Waals surface area contributed by atoms with Crippen molar-refractivity contribution in [3.8, 4) is 0 Å². The Balaban J connectivity index is 2.83. The molecular weight excluding hydrogens is 251 g/mol. The van der Waals surface area contributed by atoms with Crippen LogP contribution in [0.1, 0.15) is 23.7 Å². The maximum atomic E-state index is 12.8. The van der Waals surface area contributed by atoms with Crippen molar-refractivity contribution in [3.05, 3.63) is 34.1 Å². The lowest BCUT2D eigenvalue weighted by molar-refractivity contribution is 0.0503. The maximum Gasteiger partial charge on any atom is 0.339 e. The van der Waals surface area contributed by atoms with Crippen LogP contribution in [0.2, 0.25) is 0 Å². The molecule has 0 saturated carbocycles. The highest BCUT2D eigenvalue weighted by atomic mass is 79.9. The van der Waals surface area contributed by atoms with Crippen LogP contribution in [0.5, 0.6) is 0 Å². The van der Waals surface area contributed by atoms with Crippen molar-refractivity contribution in [1.29, 1.82) is 0 Å². The zero-order valence-corrected chi connectivity index (χ0v) is 9.30. The van der Waals surface area contributed by atoms with Crippen LogP contribution in [0.3, 0.4) is 0 Å². The molecule has 1 rings (SSSR count). The molecule has 0 atom stereocenters. The molecule has 0 saturated heterocycles. The number of hydrogen-bond acceptors (Lipinski definition) is 2. The number of hydrogen-bond donors (Lipinski definition) is 0. The van der Waals surface area contributed by atoms with Gasteiger partial charge in [-0.2, -0.15) is 0 Å². The highest BCUT2D eigenvalue weighted by Gasteiger charge is 2.11. The number of esters is 1. The lowest BCUT2D eigenvalue weighted by atomic mass is 10.2. The molecule has 0 heterocycles. The number of benzene rings is 1. The van der Waals surface area contributed by atoms with E-state index in [0.29, 0.717) is 11.1 Å². The zero-order chi connectivity index (χ0) is 10.6. The van der Waals surface area contributed by atoms with E-state index in [9.17, 15) is 9.18 Å². The standard InChI is InChI=1S/C10H10BrFO2/c1-2-5-14-10(13)8-6-7(12)3-4-9(8)11/h3-4,6H,2,5H2,1H3. The van der Waals surface area contributed by atoms with Crippen LogP contribution in [0.15, 0.2) is 22.7 Å². The fourth-order valence-electron chi connectivity index (χ4n) is 0.926. The molecule has 0 aromatic heterocycles. The number of carbonyl (C=O) groups is 1. The van der Waals surface area contributed by atoms with Crippen molar-refractivity contribution >= 4 is 21.9 Å². The lowest BCUT2D eigenvalue weighted by Crippen LogP contribution is -2.07. The van der Waals surface area contributed by atoms with Gasteiger partial charge in [0.05, 0.1) is 12.2 Å². The molecule has 0 fully saturated rings. The number of rotatable bonds is 3. The molecule has 0 spiro atoms. The second kappa shape index (κ2) is 5.10. The summed E-state index contributed by atoms with van der Waals surface area (Å²) in [7, 11) is 0. The fraction of sp³-hybridized carbons (Fsp3) is 0.300. The van der Waals surface area contributed by atoms with Crippen LogP contribution in [0.4, 0.5) is 4.39 Å². The summed E-state index contributed by atoms with van der Waals surface area (Å²) in [6, 6.07) is 3.92. The van der Waals surface area contributed by atoms with Crippen molar-refractivity contribution in [2.45, 2.75) is 13.3 Å². The highest BCUT2D eigenvalue weighted by Crippen LogP contribution is 2.18. The molecule has 0 radical (unpaired) electrons. The maximum absolute atomic E-state index is 12.8. The van der Waals surface area contributed by atoms with Crippen molar-refractivity contribution < 1.29 is 13.9 Å².